The molecule has 1 atom stereocenters. The molecular formula is C8H18N2O2S. The summed E-state index contributed by atoms with van der Waals surface area (Å²) in [5.41, 5.74) is 5.50. The highest BCUT2D eigenvalue weighted by Crippen LogP contribution is 2.11. The lowest BCUT2D eigenvalue weighted by molar-refractivity contribution is 0.431. The first-order valence-electron chi connectivity index (χ1n) is 4.51. The molecule has 1 saturated heterocycles. The fourth-order valence-electron chi connectivity index (χ4n) is 1.36. The van der Waals surface area contributed by atoms with Crippen molar-refractivity contribution in [3.8, 4) is 0 Å². The topological polar surface area (TPSA) is 72.2 Å². The third kappa shape index (κ3) is 4.06. The lowest BCUT2D eigenvalue weighted by Crippen LogP contribution is -2.46. The van der Waals surface area contributed by atoms with E-state index in [0.717, 1.165) is 6.42 Å². The summed E-state index contributed by atoms with van der Waals surface area (Å²) >= 11 is 0. The van der Waals surface area contributed by atoms with E-state index in [1.54, 1.807) is 0 Å². The molecule has 1 rings (SSSR count). The second-order valence-corrected chi connectivity index (χ2v) is 6.70. The van der Waals surface area contributed by atoms with Gasteiger partial charge in [-0.05, 0) is 20.3 Å². The molecular weight excluding hydrogens is 188 g/mol. The molecule has 0 aromatic carbocycles. The molecule has 78 valence electrons. The quantitative estimate of drug-likeness (QED) is 0.653. The molecule has 1 heterocycles. The van der Waals surface area contributed by atoms with E-state index in [-0.39, 0.29) is 17.3 Å². The van der Waals surface area contributed by atoms with E-state index in [4.69, 9.17) is 5.73 Å². The summed E-state index contributed by atoms with van der Waals surface area (Å²) in [5, 5.41) is 3.17. The smallest absolute Gasteiger partial charge is 0.151 e. The molecule has 0 bridgehead atoms. The van der Waals surface area contributed by atoms with E-state index in [1.807, 2.05) is 13.8 Å². The zero-order valence-electron chi connectivity index (χ0n) is 8.21. The SMILES string of the molecule is CC(C)(N)CNC1CCS(=O)(=O)C1. The second-order valence-electron chi connectivity index (χ2n) is 4.47. The van der Waals surface area contributed by atoms with Crippen molar-refractivity contribution in [1.29, 1.82) is 0 Å². The maximum Gasteiger partial charge on any atom is 0.151 e. The minimum Gasteiger partial charge on any atom is -0.324 e. The van der Waals surface area contributed by atoms with Crippen LogP contribution < -0.4 is 11.1 Å². The van der Waals surface area contributed by atoms with Crippen LogP contribution in [0.5, 0.6) is 0 Å². The van der Waals surface area contributed by atoms with E-state index in [2.05, 4.69) is 5.32 Å². The summed E-state index contributed by atoms with van der Waals surface area (Å²) in [6, 6.07) is 0.104. The van der Waals surface area contributed by atoms with Crippen LogP contribution in [-0.4, -0.2) is 38.0 Å². The maximum atomic E-state index is 11.1. The third-order valence-corrected chi connectivity index (χ3v) is 3.85. The van der Waals surface area contributed by atoms with Gasteiger partial charge in [0.2, 0.25) is 0 Å². The molecule has 0 radical (unpaired) electrons. The lowest BCUT2D eigenvalue weighted by atomic mass is 10.1. The Labute approximate surface area is 79.8 Å². The van der Waals surface area contributed by atoms with Crippen molar-refractivity contribution >= 4 is 9.84 Å². The van der Waals surface area contributed by atoms with E-state index >= 15 is 0 Å². The van der Waals surface area contributed by atoms with Crippen molar-refractivity contribution in [1.82, 2.24) is 5.32 Å². The second kappa shape index (κ2) is 3.55. The van der Waals surface area contributed by atoms with E-state index in [1.165, 1.54) is 0 Å². The fraction of sp³-hybridized carbons (Fsp3) is 1.00. The molecule has 5 heteroatoms. The number of hydrogen-bond acceptors (Lipinski definition) is 4. The highest BCUT2D eigenvalue weighted by molar-refractivity contribution is 7.91. The number of rotatable bonds is 3. The van der Waals surface area contributed by atoms with Gasteiger partial charge in [0.15, 0.2) is 9.84 Å². The van der Waals surface area contributed by atoms with Crippen molar-refractivity contribution < 1.29 is 8.42 Å². The summed E-state index contributed by atoms with van der Waals surface area (Å²) in [4.78, 5) is 0. The van der Waals surface area contributed by atoms with Crippen LogP contribution in [0.1, 0.15) is 20.3 Å². The first kappa shape index (κ1) is 10.9. The average molecular weight is 206 g/mol. The van der Waals surface area contributed by atoms with Gasteiger partial charge in [0.05, 0.1) is 11.5 Å². The maximum absolute atomic E-state index is 11.1. The molecule has 0 aliphatic carbocycles. The van der Waals surface area contributed by atoms with Crippen LogP contribution in [0.25, 0.3) is 0 Å². The van der Waals surface area contributed by atoms with Gasteiger partial charge in [-0.2, -0.15) is 0 Å². The summed E-state index contributed by atoms with van der Waals surface area (Å²) < 4.78 is 22.2. The summed E-state index contributed by atoms with van der Waals surface area (Å²) in [7, 11) is -2.77. The van der Waals surface area contributed by atoms with Gasteiger partial charge < -0.3 is 11.1 Å². The van der Waals surface area contributed by atoms with Gasteiger partial charge in [0.25, 0.3) is 0 Å². The minimum absolute atomic E-state index is 0.104. The van der Waals surface area contributed by atoms with Gasteiger partial charge in [-0.25, -0.2) is 8.42 Å². The largest absolute Gasteiger partial charge is 0.324 e. The summed E-state index contributed by atoms with van der Waals surface area (Å²) in [6.45, 7) is 4.50. The first-order valence-corrected chi connectivity index (χ1v) is 6.33. The molecule has 0 amide bonds. The Balaban J connectivity index is 2.34. The number of nitrogens with two attached hydrogens (primary N) is 1. The molecule has 1 aliphatic heterocycles. The van der Waals surface area contributed by atoms with Crippen molar-refractivity contribution in [2.75, 3.05) is 18.1 Å². The van der Waals surface area contributed by atoms with Crippen LogP contribution >= 0.6 is 0 Å². The summed E-state index contributed by atoms with van der Waals surface area (Å²) in [5.74, 6) is 0.582. The van der Waals surface area contributed by atoms with Crippen LogP contribution in [0, 0.1) is 0 Å². The third-order valence-electron chi connectivity index (χ3n) is 2.08. The first-order chi connectivity index (χ1) is 5.79. The average Bonchev–Trinajstić information content (AvgIpc) is 2.24. The van der Waals surface area contributed by atoms with Crippen molar-refractivity contribution in [3.63, 3.8) is 0 Å². The molecule has 3 N–H and O–H groups in total. The number of hydrogen-bond donors (Lipinski definition) is 2. The highest BCUT2D eigenvalue weighted by Gasteiger charge is 2.28. The summed E-state index contributed by atoms with van der Waals surface area (Å²) in [6.07, 6.45) is 0.721. The van der Waals surface area contributed by atoms with Gasteiger partial charge in [-0.15, -0.1) is 0 Å². The molecule has 13 heavy (non-hydrogen) atoms. The number of nitrogens with one attached hydrogen (secondary N) is 1. The minimum atomic E-state index is -2.77. The zero-order chi connectivity index (χ0) is 10.1. The molecule has 1 unspecified atom stereocenters. The van der Waals surface area contributed by atoms with Crippen LogP contribution in [-0.2, 0) is 9.84 Å². The van der Waals surface area contributed by atoms with Crippen LogP contribution in [0.3, 0.4) is 0 Å². The van der Waals surface area contributed by atoms with Crippen molar-refractivity contribution in [2.45, 2.75) is 31.8 Å². The van der Waals surface area contributed by atoms with Gasteiger partial charge in [-0.1, -0.05) is 0 Å². The van der Waals surface area contributed by atoms with Gasteiger partial charge in [-0.3, -0.25) is 0 Å². The normalized spacial score (nSPS) is 27.8. The Morgan fingerprint density at radius 1 is 1.54 bits per heavy atom. The van der Waals surface area contributed by atoms with Crippen LogP contribution in [0.15, 0.2) is 0 Å². The van der Waals surface area contributed by atoms with Gasteiger partial charge in [0.1, 0.15) is 0 Å². The predicted molar refractivity (Wildman–Crippen MR) is 53.3 cm³/mol. The Morgan fingerprint density at radius 2 is 2.15 bits per heavy atom. The predicted octanol–water partition coefficient (Wildman–Crippen LogP) is -0.500. The Kier molecular flexibility index (Phi) is 2.99. The van der Waals surface area contributed by atoms with Crippen LogP contribution in [0.2, 0.25) is 0 Å². The monoisotopic (exact) mass is 206 g/mol. The van der Waals surface area contributed by atoms with E-state index in [0.29, 0.717) is 12.3 Å². The van der Waals surface area contributed by atoms with Crippen LogP contribution in [0.4, 0.5) is 0 Å². The standard InChI is InChI=1S/C8H18N2O2S/c1-8(2,9)6-10-7-3-4-13(11,12)5-7/h7,10H,3-6,9H2,1-2H3. The van der Waals surface area contributed by atoms with Crippen molar-refractivity contribution in [2.24, 2.45) is 5.73 Å². The Bertz CT molecular complexity index is 266. The molecule has 0 aromatic heterocycles. The Morgan fingerprint density at radius 3 is 2.54 bits per heavy atom. The zero-order valence-corrected chi connectivity index (χ0v) is 9.02. The highest BCUT2D eigenvalue weighted by atomic mass is 32.2. The van der Waals surface area contributed by atoms with Gasteiger partial charge in [0, 0.05) is 18.1 Å². The molecule has 0 spiro atoms. The van der Waals surface area contributed by atoms with E-state index < -0.39 is 9.84 Å². The number of sulfone groups is 1. The molecule has 1 aliphatic rings. The van der Waals surface area contributed by atoms with Gasteiger partial charge >= 0.3 is 0 Å². The Hall–Kier alpha value is -0.130. The lowest BCUT2D eigenvalue weighted by Gasteiger charge is -2.21. The molecule has 1 fully saturated rings. The van der Waals surface area contributed by atoms with Crippen molar-refractivity contribution in [3.05, 3.63) is 0 Å². The molecule has 0 saturated carbocycles. The van der Waals surface area contributed by atoms with E-state index in [9.17, 15) is 8.42 Å². The molecule has 0 aromatic rings. The fourth-order valence-corrected chi connectivity index (χ4v) is 3.07. The molecule has 4 nitrogen and oxygen atoms in total.